The molecule has 1 amide bonds. The largest absolute Gasteiger partial charge is 0.420 e. The highest BCUT2D eigenvalue weighted by atomic mass is 16.4. The number of oxazole rings is 1. The highest BCUT2D eigenvalue weighted by Crippen LogP contribution is 2.29. The zero-order valence-electron chi connectivity index (χ0n) is 16.4. The van der Waals surface area contributed by atoms with E-state index in [1.807, 2.05) is 26.8 Å². The van der Waals surface area contributed by atoms with Crippen LogP contribution < -0.4 is 16.6 Å². The molecule has 0 fully saturated rings. The minimum absolute atomic E-state index is 0.174. The average molecular weight is 391 g/mol. The van der Waals surface area contributed by atoms with Crippen molar-refractivity contribution in [3.8, 4) is 0 Å². The van der Waals surface area contributed by atoms with Crippen molar-refractivity contribution in [1.82, 2.24) is 9.55 Å². The van der Waals surface area contributed by atoms with Crippen molar-refractivity contribution in [2.24, 2.45) is 0 Å². The molecule has 7 nitrogen and oxygen atoms in total. The highest BCUT2D eigenvalue weighted by molar-refractivity contribution is 5.94. The second kappa shape index (κ2) is 6.77. The molecule has 0 atom stereocenters. The number of anilines is 1. The van der Waals surface area contributed by atoms with Crippen LogP contribution >= 0.6 is 0 Å². The molecule has 0 aliphatic carbocycles. The third-order valence-corrected chi connectivity index (χ3v) is 4.81. The topological polar surface area (TPSA) is 97.1 Å². The fourth-order valence-electron chi connectivity index (χ4n) is 3.47. The summed E-state index contributed by atoms with van der Waals surface area (Å²) in [4.78, 5) is 39.5. The predicted octanol–water partition coefficient (Wildman–Crippen LogP) is 3.37. The molecule has 0 saturated carbocycles. The van der Waals surface area contributed by atoms with E-state index in [9.17, 15) is 14.4 Å². The molecule has 7 heteroatoms. The van der Waals surface area contributed by atoms with Gasteiger partial charge in [0.2, 0.25) is 11.5 Å². The first kappa shape index (κ1) is 18.7. The fourth-order valence-corrected chi connectivity index (χ4v) is 3.47. The van der Waals surface area contributed by atoms with Gasteiger partial charge in [0.15, 0.2) is 5.58 Å². The van der Waals surface area contributed by atoms with Crippen molar-refractivity contribution in [3.05, 3.63) is 75.0 Å². The molecule has 0 unspecified atom stereocenters. The van der Waals surface area contributed by atoms with Crippen LogP contribution in [0.1, 0.15) is 26.3 Å². The third kappa shape index (κ3) is 3.59. The SMILES string of the molecule is CC(C)(C)c1cc(=O)[nH]c2cc(NC(=O)Cn3c(=O)oc4ccccc43)ccc12. The molecule has 4 aromatic rings. The summed E-state index contributed by atoms with van der Waals surface area (Å²) in [6.45, 7) is 5.96. The first-order valence-corrected chi connectivity index (χ1v) is 9.28. The Morgan fingerprint density at radius 1 is 1.10 bits per heavy atom. The van der Waals surface area contributed by atoms with E-state index in [-0.39, 0.29) is 23.4 Å². The molecule has 148 valence electrons. The summed E-state index contributed by atoms with van der Waals surface area (Å²) in [5.74, 6) is -0.952. The van der Waals surface area contributed by atoms with Gasteiger partial charge in [-0.1, -0.05) is 39.0 Å². The van der Waals surface area contributed by atoms with E-state index >= 15 is 0 Å². The summed E-state index contributed by atoms with van der Waals surface area (Å²) in [5.41, 5.74) is 2.72. The van der Waals surface area contributed by atoms with Gasteiger partial charge in [0.25, 0.3) is 0 Å². The maximum absolute atomic E-state index is 12.5. The van der Waals surface area contributed by atoms with Crippen molar-refractivity contribution in [2.75, 3.05) is 5.32 Å². The van der Waals surface area contributed by atoms with Crippen LogP contribution in [0.2, 0.25) is 0 Å². The number of hydrogen-bond acceptors (Lipinski definition) is 4. The second-order valence-electron chi connectivity index (χ2n) is 8.03. The Bertz CT molecular complexity index is 1350. The lowest BCUT2D eigenvalue weighted by atomic mass is 9.85. The standard InChI is InChI=1S/C22H21N3O4/c1-22(2,3)15-11-19(26)24-16-10-13(8-9-14(15)16)23-20(27)12-25-17-6-4-5-7-18(17)29-21(25)28/h4-11H,12H2,1-3H3,(H,23,27)(H,24,26). The number of rotatable bonds is 3. The number of carbonyl (C=O) groups is 1. The molecule has 0 saturated heterocycles. The number of carbonyl (C=O) groups excluding carboxylic acids is 1. The molecule has 29 heavy (non-hydrogen) atoms. The number of amides is 1. The Labute approximate surface area is 166 Å². The molecule has 4 rings (SSSR count). The van der Waals surface area contributed by atoms with Gasteiger partial charge in [-0.3, -0.25) is 14.2 Å². The van der Waals surface area contributed by atoms with Gasteiger partial charge in [-0.2, -0.15) is 0 Å². The van der Waals surface area contributed by atoms with Gasteiger partial charge in [0.1, 0.15) is 6.54 Å². The van der Waals surface area contributed by atoms with Gasteiger partial charge >= 0.3 is 5.76 Å². The molecule has 2 heterocycles. The Kier molecular flexibility index (Phi) is 4.38. The fraction of sp³-hybridized carbons (Fsp3) is 0.227. The number of aromatic nitrogens is 2. The summed E-state index contributed by atoms with van der Waals surface area (Å²) in [6, 6.07) is 13.9. The van der Waals surface area contributed by atoms with E-state index < -0.39 is 5.76 Å². The first-order valence-electron chi connectivity index (χ1n) is 9.28. The van der Waals surface area contributed by atoms with Gasteiger partial charge < -0.3 is 14.7 Å². The smallest absolute Gasteiger partial charge is 0.408 e. The molecule has 2 N–H and O–H groups in total. The molecular weight excluding hydrogens is 370 g/mol. The Morgan fingerprint density at radius 2 is 1.86 bits per heavy atom. The normalized spacial score (nSPS) is 11.8. The lowest BCUT2D eigenvalue weighted by molar-refractivity contribution is -0.116. The number of fused-ring (bicyclic) bond motifs is 2. The van der Waals surface area contributed by atoms with Crippen molar-refractivity contribution < 1.29 is 9.21 Å². The lowest BCUT2D eigenvalue weighted by Gasteiger charge is -2.21. The molecule has 0 aliphatic heterocycles. The minimum Gasteiger partial charge on any atom is -0.408 e. The van der Waals surface area contributed by atoms with Crippen LogP contribution in [-0.2, 0) is 16.8 Å². The van der Waals surface area contributed by atoms with E-state index in [1.165, 1.54) is 4.57 Å². The molecule has 0 radical (unpaired) electrons. The maximum atomic E-state index is 12.5. The van der Waals surface area contributed by atoms with Gasteiger partial charge in [0.05, 0.1) is 11.0 Å². The van der Waals surface area contributed by atoms with Crippen molar-refractivity contribution in [2.45, 2.75) is 32.7 Å². The lowest BCUT2D eigenvalue weighted by Crippen LogP contribution is -2.24. The van der Waals surface area contributed by atoms with E-state index in [0.717, 1.165) is 10.9 Å². The van der Waals surface area contributed by atoms with Crippen LogP contribution in [0.25, 0.3) is 22.0 Å². The van der Waals surface area contributed by atoms with Crippen LogP contribution in [0.15, 0.2) is 62.5 Å². The van der Waals surface area contributed by atoms with Gasteiger partial charge in [-0.15, -0.1) is 0 Å². The van der Waals surface area contributed by atoms with Crippen molar-refractivity contribution >= 4 is 33.6 Å². The second-order valence-corrected chi connectivity index (χ2v) is 8.03. The molecule has 2 aromatic heterocycles. The van der Waals surface area contributed by atoms with Crippen LogP contribution in [0.5, 0.6) is 0 Å². The Hall–Kier alpha value is -3.61. The number of aromatic amines is 1. The predicted molar refractivity (Wildman–Crippen MR) is 112 cm³/mol. The van der Waals surface area contributed by atoms with Gasteiger partial charge in [0, 0.05) is 17.1 Å². The van der Waals surface area contributed by atoms with E-state index in [4.69, 9.17) is 4.42 Å². The maximum Gasteiger partial charge on any atom is 0.420 e. The van der Waals surface area contributed by atoms with Crippen LogP contribution in [0, 0.1) is 0 Å². The van der Waals surface area contributed by atoms with Crippen molar-refractivity contribution in [3.63, 3.8) is 0 Å². The zero-order chi connectivity index (χ0) is 20.8. The average Bonchev–Trinajstić information content (AvgIpc) is 2.95. The van der Waals surface area contributed by atoms with Gasteiger partial charge in [-0.25, -0.2) is 4.79 Å². The van der Waals surface area contributed by atoms with Crippen LogP contribution in [0.3, 0.4) is 0 Å². The van der Waals surface area contributed by atoms with E-state index in [0.29, 0.717) is 22.3 Å². The number of benzene rings is 2. The quantitative estimate of drug-likeness (QED) is 0.559. The number of para-hydroxylation sites is 2. The number of H-pyrrole nitrogens is 1. The Morgan fingerprint density at radius 3 is 2.62 bits per heavy atom. The number of nitrogens with one attached hydrogen (secondary N) is 2. The van der Waals surface area contributed by atoms with E-state index in [1.54, 1.807) is 42.5 Å². The number of nitrogens with zero attached hydrogens (tertiary/aromatic N) is 1. The van der Waals surface area contributed by atoms with E-state index in [2.05, 4.69) is 10.3 Å². The minimum atomic E-state index is -0.584. The monoisotopic (exact) mass is 391 g/mol. The number of pyridine rings is 1. The summed E-state index contributed by atoms with van der Waals surface area (Å²) in [5, 5.41) is 3.70. The Balaban J connectivity index is 1.64. The summed E-state index contributed by atoms with van der Waals surface area (Å²) in [7, 11) is 0. The summed E-state index contributed by atoms with van der Waals surface area (Å²) in [6.07, 6.45) is 0. The highest BCUT2D eigenvalue weighted by Gasteiger charge is 2.18. The summed E-state index contributed by atoms with van der Waals surface area (Å²) >= 11 is 0. The third-order valence-electron chi connectivity index (χ3n) is 4.81. The molecule has 0 spiro atoms. The molecule has 0 bridgehead atoms. The molecule has 0 aliphatic rings. The van der Waals surface area contributed by atoms with Crippen LogP contribution in [-0.4, -0.2) is 15.5 Å². The molecule has 2 aromatic carbocycles. The van der Waals surface area contributed by atoms with Gasteiger partial charge in [-0.05, 0) is 35.2 Å². The first-order chi connectivity index (χ1) is 13.7. The molecular formula is C22H21N3O4. The summed E-state index contributed by atoms with van der Waals surface area (Å²) < 4.78 is 6.44. The van der Waals surface area contributed by atoms with Crippen molar-refractivity contribution in [1.29, 1.82) is 0 Å². The number of hydrogen-bond donors (Lipinski definition) is 2. The van der Waals surface area contributed by atoms with Crippen LogP contribution in [0.4, 0.5) is 5.69 Å². The zero-order valence-corrected chi connectivity index (χ0v) is 16.4.